The Morgan fingerprint density at radius 2 is 1.91 bits per heavy atom. The van der Waals surface area contributed by atoms with Gasteiger partial charge in [-0.3, -0.25) is 4.79 Å². The standard InChI is InChI=1S/C27H22F2N2O4/c1-12-9-17(15(4)31-21-8-6-19(28)23(29)22(21)27(33)34)26-18(10-12)24(32)14(3)25(35-26)16-5-7-20(30)13(2)11-16/h5-11,15,30-31H,2H2,1,3-4H3,(H,33,34). The van der Waals surface area contributed by atoms with E-state index in [0.29, 0.717) is 33.4 Å². The molecule has 0 radical (unpaired) electrons. The third-order valence-electron chi connectivity index (χ3n) is 5.91. The Morgan fingerprint density at radius 1 is 1.20 bits per heavy atom. The van der Waals surface area contributed by atoms with Crippen molar-refractivity contribution in [3.05, 3.63) is 105 Å². The highest BCUT2D eigenvalue weighted by atomic mass is 19.2. The number of carboxylic acids is 1. The zero-order valence-electron chi connectivity index (χ0n) is 19.3. The lowest BCUT2D eigenvalue weighted by molar-refractivity contribution is 0.0691. The van der Waals surface area contributed by atoms with Crippen molar-refractivity contribution >= 4 is 33.9 Å². The molecule has 1 heterocycles. The fourth-order valence-electron chi connectivity index (χ4n) is 4.09. The first-order valence-electron chi connectivity index (χ1n) is 10.7. The molecule has 3 aromatic rings. The van der Waals surface area contributed by atoms with Gasteiger partial charge in [-0.05, 0) is 68.3 Å². The monoisotopic (exact) mass is 476 g/mol. The lowest BCUT2D eigenvalue weighted by Gasteiger charge is -2.20. The Hall–Kier alpha value is -4.33. The fourth-order valence-corrected chi connectivity index (χ4v) is 4.09. The van der Waals surface area contributed by atoms with Crippen molar-refractivity contribution in [1.29, 1.82) is 5.41 Å². The lowest BCUT2D eigenvalue weighted by Crippen LogP contribution is -2.15. The van der Waals surface area contributed by atoms with Gasteiger partial charge in [0.15, 0.2) is 17.1 Å². The van der Waals surface area contributed by atoms with Gasteiger partial charge >= 0.3 is 5.97 Å². The van der Waals surface area contributed by atoms with Crippen molar-refractivity contribution in [2.75, 3.05) is 5.32 Å². The Balaban J connectivity index is 1.89. The van der Waals surface area contributed by atoms with Crippen LogP contribution in [0.5, 0.6) is 0 Å². The number of nitrogens with one attached hydrogen (secondary N) is 2. The second-order valence-corrected chi connectivity index (χ2v) is 8.44. The van der Waals surface area contributed by atoms with E-state index in [1.165, 1.54) is 0 Å². The molecule has 1 aromatic heterocycles. The summed E-state index contributed by atoms with van der Waals surface area (Å²) in [6.07, 6.45) is 4.90. The molecule has 0 aliphatic heterocycles. The van der Waals surface area contributed by atoms with Crippen LogP contribution in [0.1, 0.15) is 45.8 Å². The number of fused-ring (bicyclic) bond motifs is 1. The Kier molecular flexibility index (Phi) is 5.98. The number of hydrogen-bond acceptors (Lipinski definition) is 5. The first-order chi connectivity index (χ1) is 16.5. The van der Waals surface area contributed by atoms with Gasteiger partial charge in [-0.25, -0.2) is 13.6 Å². The van der Waals surface area contributed by atoms with Gasteiger partial charge < -0.3 is 20.2 Å². The van der Waals surface area contributed by atoms with Gasteiger partial charge in [0.2, 0.25) is 0 Å². The maximum absolute atomic E-state index is 14.2. The van der Waals surface area contributed by atoms with E-state index in [1.807, 2.05) is 0 Å². The average Bonchev–Trinajstić information content (AvgIpc) is 2.80. The third-order valence-corrected chi connectivity index (χ3v) is 5.91. The van der Waals surface area contributed by atoms with Gasteiger partial charge in [-0.15, -0.1) is 0 Å². The van der Waals surface area contributed by atoms with Crippen LogP contribution in [0.15, 0.2) is 63.9 Å². The lowest BCUT2D eigenvalue weighted by atomic mass is 9.95. The van der Waals surface area contributed by atoms with Crippen molar-refractivity contribution in [3.63, 3.8) is 0 Å². The number of anilines is 1. The summed E-state index contributed by atoms with van der Waals surface area (Å²) < 4.78 is 34.1. The molecule has 1 unspecified atom stereocenters. The summed E-state index contributed by atoms with van der Waals surface area (Å²) in [7, 11) is 0. The first kappa shape index (κ1) is 23.8. The van der Waals surface area contributed by atoms with E-state index in [4.69, 9.17) is 9.83 Å². The molecule has 4 rings (SSSR count). The summed E-state index contributed by atoms with van der Waals surface area (Å²) >= 11 is 0. The summed E-state index contributed by atoms with van der Waals surface area (Å²) in [4.78, 5) is 24.9. The molecule has 0 fully saturated rings. The zero-order valence-corrected chi connectivity index (χ0v) is 19.3. The SMILES string of the molecule is C=C1C=C(c2oc3c(C(C)Nc4ccc(F)c(F)c4C(=O)O)cc(C)cc3c(=O)c2C)C=CC1=N. The Morgan fingerprint density at radius 3 is 2.57 bits per heavy atom. The van der Waals surface area contributed by atoms with Crippen LogP contribution >= 0.6 is 0 Å². The number of carbonyl (C=O) groups is 1. The van der Waals surface area contributed by atoms with Crippen LogP contribution in [-0.4, -0.2) is 16.8 Å². The predicted molar refractivity (Wildman–Crippen MR) is 131 cm³/mol. The number of aromatic carboxylic acids is 1. The molecule has 0 saturated carbocycles. The average molecular weight is 476 g/mol. The molecular formula is C27H22F2N2O4. The van der Waals surface area contributed by atoms with Gasteiger partial charge in [0.25, 0.3) is 0 Å². The van der Waals surface area contributed by atoms with E-state index in [0.717, 1.165) is 17.7 Å². The molecule has 2 aromatic carbocycles. The quantitative estimate of drug-likeness (QED) is 0.414. The maximum Gasteiger partial charge on any atom is 0.340 e. The summed E-state index contributed by atoms with van der Waals surface area (Å²) in [5.41, 5.74) is 2.12. The fraction of sp³-hybridized carbons (Fsp3) is 0.148. The van der Waals surface area contributed by atoms with Crippen molar-refractivity contribution in [3.8, 4) is 0 Å². The normalized spacial score (nSPS) is 14.3. The van der Waals surface area contributed by atoms with Gasteiger partial charge in [-0.1, -0.05) is 12.6 Å². The van der Waals surface area contributed by atoms with Crippen LogP contribution in [0.3, 0.4) is 0 Å². The van der Waals surface area contributed by atoms with Crippen LogP contribution in [0.4, 0.5) is 14.5 Å². The van der Waals surface area contributed by atoms with Gasteiger partial charge in [0.1, 0.15) is 16.9 Å². The second-order valence-electron chi connectivity index (χ2n) is 8.44. The minimum atomic E-state index is -1.61. The number of benzene rings is 2. The molecule has 35 heavy (non-hydrogen) atoms. The topological polar surface area (TPSA) is 103 Å². The van der Waals surface area contributed by atoms with Crippen LogP contribution in [-0.2, 0) is 0 Å². The van der Waals surface area contributed by atoms with Crippen molar-refractivity contribution < 1.29 is 23.1 Å². The molecule has 3 N–H and O–H groups in total. The number of halogens is 2. The molecule has 0 bridgehead atoms. The van der Waals surface area contributed by atoms with E-state index in [-0.39, 0.29) is 22.4 Å². The van der Waals surface area contributed by atoms with Crippen molar-refractivity contribution in [1.82, 2.24) is 0 Å². The van der Waals surface area contributed by atoms with Crippen LogP contribution < -0.4 is 10.7 Å². The predicted octanol–water partition coefficient (Wildman–Crippen LogP) is 6.09. The minimum Gasteiger partial charge on any atom is -0.478 e. The highest BCUT2D eigenvalue weighted by Crippen LogP contribution is 2.33. The number of carboxylic acid groups (broad SMARTS) is 1. The number of rotatable bonds is 5. The zero-order chi connectivity index (χ0) is 25.6. The van der Waals surface area contributed by atoms with Crippen LogP contribution in [0.25, 0.3) is 16.5 Å². The largest absolute Gasteiger partial charge is 0.478 e. The minimum absolute atomic E-state index is 0.110. The second kappa shape index (κ2) is 8.79. The summed E-state index contributed by atoms with van der Waals surface area (Å²) in [6, 6.07) is 4.84. The van der Waals surface area contributed by atoms with Crippen molar-refractivity contribution in [2.24, 2.45) is 0 Å². The molecular weight excluding hydrogens is 454 g/mol. The number of hydrogen-bond donors (Lipinski definition) is 3. The van der Waals surface area contributed by atoms with E-state index >= 15 is 0 Å². The molecule has 6 nitrogen and oxygen atoms in total. The summed E-state index contributed by atoms with van der Waals surface area (Å²) in [5.74, 6) is -4.02. The van der Waals surface area contributed by atoms with E-state index in [1.54, 1.807) is 51.1 Å². The molecule has 1 aliphatic rings. The van der Waals surface area contributed by atoms with Crippen molar-refractivity contribution in [2.45, 2.75) is 26.8 Å². The van der Waals surface area contributed by atoms with E-state index in [2.05, 4.69) is 11.9 Å². The van der Waals surface area contributed by atoms with Crippen LogP contribution in [0, 0.1) is 30.9 Å². The number of aryl methyl sites for hydroxylation is 1. The molecule has 1 aliphatic carbocycles. The summed E-state index contributed by atoms with van der Waals surface area (Å²) in [5, 5.41) is 20.5. The highest BCUT2D eigenvalue weighted by molar-refractivity contribution is 6.12. The summed E-state index contributed by atoms with van der Waals surface area (Å²) in [6.45, 7) is 9.00. The molecule has 0 amide bonds. The molecule has 0 spiro atoms. The van der Waals surface area contributed by atoms with Gasteiger partial charge in [-0.2, -0.15) is 0 Å². The van der Waals surface area contributed by atoms with E-state index < -0.39 is 29.2 Å². The maximum atomic E-state index is 14.2. The molecule has 8 heteroatoms. The van der Waals surface area contributed by atoms with Gasteiger partial charge in [0.05, 0.1) is 22.8 Å². The third kappa shape index (κ3) is 4.19. The molecule has 178 valence electrons. The van der Waals surface area contributed by atoms with Gasteiger partial charge in [0, 0.05) is 16.7 Å². The first-order valence-corrected chi connectivity index (χ1v) is 10.7. The van der Waals surface area contributed by atoms with Crippen LogP contribution in [0.2, 0.25) is 0 Å². The Bertz CT molecular complexity index is 1560. The number of allylic oxidation sites excluding steroid dienone is 5. The highest BCUT2D eigenvalue weighted by Gasteiger charge is 2.24. The smallest absolute Gasteiger partial charge is 0.340 e. The molecule has 0 saturated heterocycles. The Labute approximate surface area is 199 Å². The van der Waals surface area contributed by atoms with E-state index in [9.17, 15) is 23.5 Å². The molecule has 1 atom stereocenters.